The van der Waals surface area contributed by atoms with Crippen LogP contribution in [0.4, 0.5) is 5.82 Å². The Morgan fingerprint density at radius 1 is 1.67 bits per heavy atom. The monoisotopic (exact) mass is 266 g/mol. The van der Waals surface area contributed by atoms with Crippen LogP contribution >= 0.6 is 12.2 Å². The summed E-state index contributed by atoms with van der Waals surface area (Å²) in [5.74, 6) is 0.812. The largest absolute Gasteiger partial charge is 0.389 e. The van der Waals surface area contributed by atoms with E-state index in [1.54, 1.807) is 6.20 Å². The van der Waals surface area contributed by atoms with Gasteiger partial charge >= 0.3 is 0 Å². The number of thiocarbonyl (C=S) groups is 1. The average Bonchev–Trinajstić information content (AvgIpc) is 2.37. The maximum absolute atomic E-state index is 5.66. The number of aromatic nitrogens is 1. The van der Waals surface area contributed by atoms with Crippen LogP contribution in [0.25, 0.3) is 0 Å². The van der Waals surface area contributed by atoms with Crippen molar-refractivity contribution in [3.05, 3.63) is 23.9 Å². The standard InChI is InChI=1S/C12H18N4OS/c1-16-4-5-17-10(8-16)7-15-11-3-2-9(6-14-11)12(13)18/h2-3,6,10H,4-5,7-8H2,1H3,(H2,13,18)(H,14,15). The summed E-state index contributed by atoms with van der Waals surface area (Å²) in [5.41, 5.74) is 6.30. The van der Waals surface area contributed by atoms with Gasteiger partial charge in [0, 0.05) is 31.4 Å². The molecule has 0 spiro atoms. The molecule has 6 heteroatoms. The van der Waals surface area contributed by atoms with Crippen LogP contribution in [0, 0.1) is 0 Å². The average molecular weight is 266 g/mol. The summed E-state index contributed by atoms with van der Waals surface area (Å²) in [5, 5.41) is 3.25. The third-order valence-electron chi connectivity index (χ3n) is 2.90. The minimum atomic E-state index is 0.209. The predicted octanol–water partition coefficient (Wildman–Crippen LogP) is 0.458. The molecule has 0 aromatic carbocycles. The van der Waals surface area contributed by atoms with E-state index in [1.807, 2.05) is 12.1 Å². The highest BCUT2D eigenvalue weighted by Gasteiger charge is 2.17. The van der Waals surface area contributed by atoms with E-state index in [0.29, 0.717) is 4.99 Å². The first-order valence-corrected chi connectivity index (χ1v) is 6.36. The maximum atomic E-state index is 5.66. The molecule has 1 aromatic heterocycles. The van der Waals surface area contributed by atoms with Crippen molar-refractivity contribution in [2.75, 3.05) is 38.6 Å². The molecule has 1 aliphatic rings. The molecule has 1 aromatic rings. The molecule has 2 rings (SSSR count). The molecule has 2 heterocycles. The van der Waals surface area contributed by atoms with E-state index >= 15 is 0 Å². The highest BCUT2D eigenvalue weighted by atomic mass is 32.1. The predicted molar refractivity (Wildman–Crippen MR) is 75.9 cm³/mol. The SMILES string of the molecule is CN1CCOC(CNc2ccc(C(N)=S)cn2)C1. The van der Waals surface area contributed by atoms with Gasteiger partial charge < -0.3 is 20.7 Å². The third kappa shape index (κ3) is 3.63. The number of hydrogen-bond acceptors (Lipinski definition) is 5. The molecular weight excluding hydrogens is 248 g/mol. The van der Waals surface area contributed by atoms with Gasteiger partial charge in [0.15, 0.2) is 0 Å². The molecule has 1 aliphatic heterocycles. The van der Waals surface area contributed by atoms with Crippen LogP contribution in [0.2, 0.25) is 0 Å². The summed E-state index contributed by atoms with van der Waals surface area (Å²) in [6.45, 7) is 3.48. The number of ether oxygens (including phenoxy) is 1. The fourth-order valence-electron chi connectivity index (χ4n) is 1.85. The normalized spacial score (nSPS) is 20.6. The van der Waals surface area contributed by atoms with E-state index in [-0.39, 0.29) is 6.10 Å². The van der Waals surface area contributed by atoms with E-state index in [9.17, 15) is 0 Å². The van der Waals surface area contributed by atoms with Gasteiger partial charge in [0.25, 0.3) is 0 Å². The lowest BCUT2D eigenvalue weighted by Crippen LogP contribution is -2.43. The zero-order valence-electron chi connectivity index (χ0n) is 10.4. The Kier molecular flexibility index (Phi) is 4.46. The summed E-state index contributed by atoms with van der Waals surface area (Å²) in [4.78, 5) is 6.89. The molecule has 18 heavy (non-hydrogen) atoms. The molecule has 0 saturated carbocycles. The molecule has 98 valence electrons. The van der Waals surface area contributed by atoms with Crippen LogP contribution in [0.3, 0.4) is 0 Å². The van der Waals surface area contributed by atoms with Crippen LogP contribution in [0.15, 0.2) is 18.3 Å². The van der Waals surface area contributed by atoms with Gasteiger partial charge in [0.05, 0.1) is 12.7 Å². The van der Waals surface area contributed by atoms with Gasteiger partial charge in [-0.25, -0.2) is 4.98 Å². The zero-order chi connectivity index (χ0) is 13.0. The Balaban J connectivity index is 1.84. The van der Waals surface area contributed by atoms with Gasteiger partial charge in [-0.15, -0.1) is 0 Å². The number of morpholine rings is 1. The summed E-state index contributed by atoms with van der Waals surface area (Å²) >= 11 is 4.88. The van der Waals surface area contributed by atoms with Gasteiger partial charge in [-0.1, -0.05) is 12.2 Å². The van der Waals surface area contributed by atoms with E-state index in [2.05, 4.69) is 22.2 Å². The van der Waals surface area contributed by atoms with Gasteiger partial charge in [0.1, 0.15) is 10.8 Å². The quantitative estimate of drug-likeness (QED) is 0.772. The molecular formula is C12H18N4OS. The van der Waals surface area contributed by atoms with Crippen molar-refractivity contribution in [3.8, 4) is 0 Å². The summed E-state index contributed by atoms with van der Waals surface area (Å²) in [6.07, 6.45) is 1.89. The maximum Gasteiger partial charge on any atom is 0.126 e. The number of pyridine rings is 1. The van der Waals surface area contributed by atoms with Crippen molar-refractivity contribution in [1.82, 2.24) is 9.88 Å². The first-order valence-electron chi connectivity index (χ1n) is 5.95. The number of nitrogens with zero attached hydrogens (tertiary/aromatic N) is 2. The van der Waals surface area contributed by atoms with Crippen molar-refractivity contribution in [2.24, 2.45) is 5.73 Å². The van der Waals surface area contributed by atoms with Gasteiger partial charge in [0.2, 0.25) is 0 Å². The zero-order valence-corrected chi connectivity index (χ0v) is 11.2. The van der Waals surface area contributed by atoms with Crippen molar-refractivity contribution in [3.63, 3.8) is 0 Å². The first kappa shape index (κ1) is 13.2. The van der Waals surface area contributed by atoms with Crippen molar-refractivity contribution < 1.29 is 4.74 Å². The molecule has 0 amide bonds. The molecule has 1 unspecified atom stereocenters. The van der Waals surface area contributed by atoms with Crippen LogP contribution in [-0.2, 0) is 4.74 Å². The highest BCUT2D eigenvalue weighted by molar-refractivity contribution is 7.80. The van der Waals surface area contributed by atoms with E-state index < -0.39 is 0 Å². The van der Waals surface area contributed by atoms with Crippen LogP contribution in [0.1, 0.15) is 5.56 Å². The fourth-order valence-corrected chi connectivity index (χ4v) is 1.97. The van der Waals surface area contributed by atoms with E-state index in [0.717, 1.165) is 37.6 Å². The summed E-state index contributed by atoms with van der Waals surface area (Å²) < 4.78 is 5.66. The lowest BCUT2D eigenvalue weighted by molar-refractivity contribution is -0.0117. The molecule has 1 saturated heterocycles. The number of anilines is 1. The van der Waals surface area contributed by atoms with Crippen LogP contribution in [0.5, 0.6) is 0 Å². The van der Waals surface area contributed by atoms with Crippen molar-refractivity contribution in [2.45, 2.75) is 6.10 Å². The minimum absolute atomic E-state index is 0.209. The van der Waals surface area contributed by atoms with Crippen molar-refractivity contribution >= 4 is 23.0 Å². The lowest BCUT2D eigenvalue weighted by atomic mass is 10.2. The fraction of sp³-hybridized carbons (Fsp3) is 0.500. The Morgan fingerprint density at radius 3 is 3.11 bits per heavy atom. The molecule has 1 fully saturated rings. The first-order chi connectivity index (χ1) is 8.65. The molecule has 1 atom stereocenters. The van der Waals surface area contributed by atoms with Gasteiger partial charge in [-0.3, -0.25) is 0 Å². The Hall–Kier alpha value is -1.24. The van der Waals surface area contributed by atoms with Crippen LogP contribution in [-0.4, -0.2) is 54.3 Å². The number of likely N-dealkylation sites (N-methyl/N-ethyl adjacent to an activating group) is 1. The Morgan fingerprint density at radius 2 is 2.50 bits per heavy atom. The van der Waals surface area contributed by atoms with Crippen molar-refractivity contribution in [1.29, 1.82) is 0 Å². The van der Waals surface area contributed by atoms with Gasteiger partial charge in [-0.2, -0.15) is 0 Å². The Bertz CT molecular complexity index is 409. The molecule has 0 radical (unpaired) electrons. The number of rotatable bonds is 4. The summed E-state index contributed by atoms with van der Waals surface area (Å²) in [7, 11) is 2.10. The van der Waals surface area contributed by atoms with Gasteiger partial charge in [-0.05, 0) is 19.2 Å². The third-order valence-corrected chi connectivity index (χ3v) is 3.14. The number of hydrogen-bond donors (Lipinski definition) is 2. The second-order valence-electron chi connectivity index (χ2n) is 4.43. The molecule has 0 bridgehead atoms. The topological polar surface area (TPSA) is 63.4 Å². The molecule has 0 aliphatic carbocycles. The second-order valence-corrected chi connectivity index (χ2v) is 4.87. The number of nitrogens with one attached hydrogen (secondary N) is 1. The highest BCUT2D eigenvalue weighted by Crippen LogP contribution is 2.07. The lowest BCUT2D eigenvalue weighted by Gasteiger charge is -2.30. The van der Waals surface area contributed by atoms with Crippen LogP contribution < -0.4 is 11.1 Å². The van der Waals surface area contributed by atoms with E-state index in [4.69, 9.17) is 22.7 Å². The molecule has 3 N–H and O–H groups in total. The minimum Gasteiger partial charge on any atom is -0.389 e. The number of nitrogens with two attached hydrogens (primary N) is 1. The summed E-state index contributed by atoms with van der Waals surface area (Å²) in [6, 6.07) is 3.74. The smallest absolute Gasteiger partial charge is 0.126 e. The molecule has 5 nitrogen and oxygen atoms in total. The second kappa shape index (κ2) is 6.08. The van der Waals surface area contributed by atoms with E-state index in [1.165, 1.54) is 0 Å². The Labute approximate surface area is 112 Å².